The fourth-order valence-electron chi connectivity index (χ4n) is 3.64. The summed E-state index contributed by atoms with van der Waals surface area (Å²) in [6.45, 7) is 4.87. The summed E-state index contributed by atoms with van der Waals surface area (Å²) in [6.07, 6.45) is 2.45. The fourth-order valence-corrected chi connectivity index (χ4v) is 4.71. The molecular weight excluding hydrogens is 386 g/mol. The summed E-state index contributed by atoms with van der Waals surface area (Å²) in [7, 11) is 1.34. The molecule has 2 aromatic heterocycles. The van der Waals surface area contributed by atoms with Gasteiger partial charge in [-0.25, -0.2) is 9.78 Å². The van der Waals surface area contributed by atoms with Crippen LogP contribution in [0.5, 0.6) is 0 Å². The highest BCUT2D eigenvalue weighted by Gasteiger charge is 2.23. The summed E-state index contributed by atoms with van der Waals surface area (Å²) in [5.74, 6) is -0.733. The fraction of sp³-hybridized carbons (Fsp3) is 0.318. The number of esters is 1. The second kappa shape index (κ2) is 8.31. The van der Waals surface area contributed by atoms with Crippen molar-refractivity contribution in [2.24, 2.45) is 0 Å². The molecule has 0 atom stereocenters. The van der Waals surface area contributed by atoms with E-state index in [-0.39, 0.29) is 5.91 Å². The van der Waals surface area contributed by atoms with Crippen molar-refractivity contribution in [2.75, 3.05) is 25.5 Å². The minimum Gasteiger partial charge on any atom is -0.465 e. The Labute approximate surface area is 173 Å². The van der Waals surface area contributed by atoms with E-state index in [1.165, 1.54) is 31.3 Å². The van der Waals surface area contributed by atoms with Gasteiger partial charge in [-0.3, -0.25) is 9.69 Å². The van der Waals surface area contributed by atoms with Crippen LogP contribution in [-0.2, 0) is 11.3 Å². The molecular formula is C22H23N3O3S. The third-order valence-electron chi connectivity index (χ3n) is 5.20. The van der Waals surface area contributed by atoms with Crippen molar-refractivity contribution in [1.29, 1.82) is 0 Å². The normalized spacial score (nSPS) is 14.3. The first-order chi connectivity index (χ1) is 14.1. The van der Waals surface area contributed by atoms with E-state index in [0.717, 1.165) is 41.1 Å². The Kier molecular flexibility index (Phi) is 5.60. The zero-order valence-electron chi connectivity index (χ0n) is 16.5. The van der Waals surface area contributed by atoms with Crippen LogP contribution < -0.4 is 5.32 Å². The number of benzene rings is 1. The summed E-state index contributed by atoms with van der Waals surface area (Å²) in [5, 5.41) is 3.67. The van der Waals surface area contributed by atoms with Crippen molar-refractivity contribution in [3.8, 4) is 0 Å². The summed E-state index contributed by atoms with van der Waals surface area (Å²) >= 11 is 1.25. The Balaban J connectivity index is 1.69. The topological polar surface area (TPSA) is 71.5 Å². The minimum absolute atomic E-state index is 0.255. The standard InChI is InChI=1S/C22H23N3O3S/c1-14-7-3-4-8-16(14)20(26)24-18-17-10-9-15(13-25-11-5-6-12-25)23-21(17)29-19(18)22(27)28-2/h3-4,7-10H,5-6,11-13H2,1-2H3,(H,24,26). The van der Waals surface area contributed by atoms with Crippen molar-refractivity contribution < 1.29 is 14.3 Å². The maximum atomic E-state index is 12.9. The number of thiophene rings is 1. The molecule has 1 aliphatic heterocycles. The smallest absolute Gasteiger partial charge is 0.350 e. The van der Waals surface area contributed by atoms with Crippen LogP contribution in [0, 0.1) is 6.92 Å². The number of hydrogen-bond donors (Lipinski definition) is 1. The molecule has 150 valence electrons. The molecule has 1 saturated heterocycles. The zero-order valence-corrected chi connectivity index (χ0v) is 17.3. The maximum Gasteiger partial charge on any atom is 0.350 e. The van der Waals surface area contributed by atoms with Crippen molar-refractivity contribution in [1.82, 2.24) is 9.88 Å². The molecule has 29 heavy (non-hydrogen) atoms. The van der Waals surface area contributed by atoms with Crippen molar-refractivity contribution in [2.45, 2.75) is 26.3 Å². The number of carbonyl (C=O) groups excluding carboxylic acids is 2. The SMILES string of the molecule is COC(=O)c1sc2nc(CN3CCCC3)ccc2c1NC(=O)c1ccccc1C. The highest BCUT2D eigenvalue weighted by molar-refractivity contribution is 7.21. The van der Waals surface area contributed by atoms with Gasteiger partial charge in [0.2, 0.25) is 0 Å². The number of nitrogens with one attached hydrogen (secondary N) is 1. The van der Waals surface area contributed by atoms with Gasteiger partial charge in [-0.1, -0.05) is 18.2 Å². The summed E-state index contributed by atoms with van der Waals surface area (Å²) < 4.78 is 4.94. The minimum atomic E-state index is -0.478. The number of aromatic nitrogens is 1. The molecule has 4 rings (SSSR count). The summed E-state index contributed by atoms with van der Waals surface area (Å²) in [6, 6.07) is 11.3. The molecule has 1 aromatic carbocycles. The number of rotatable bonds is 5. The van der Waals surface area contributed by atoms with Gasteiger partial charge < -0.3 is 10.1 Å². The van der Waals surface area contributed by atoms with Gasteiger partial charge in [0.1, 0.15) is 9.71 Å². The lowest BCUT2D eigenvalue weighted by Gasteiger charge is -2.13. The third-order valence-corrected chi connectivity index (χ3v) is 6.28. The number of aryl methyl sites for hydroxylation is 1. The van der Waals surface area contributed by atoms with Crippen LogP contribution in [-0.4, -0.2) is 42.0 Å². The van der Waals surface area contributed by atoms with Crippen LogP contribution in [0.3, 0.4) is 0 Å². The van der Waals surface area contributed by atoms with Crippen molar-refractivity contribution in [3.63, 3.8) is 0 Å². The van der Waals surface area contributed by atoms with Crippen molar-refractivity contribution in [3.05, 3.63) is 58.1 Å². The molecule has 1 fully saturated rings. The highest BCUT2D eigenvalue weighted by atomic mass is 32.1. The van der Waals surface area contributed by atoms with Crippen LogP contribution in [0.1, 0.15) is 44.1 Å². The molecule has 1 N–H and O–H groups in total. The maximum absolute atomic E-state index is 12.9. The van der Waals surface area contributed by atoms with Gasteiger partial charge in [0.05, 0.1) is 18.5 Å². The van der Waals surface area contributed by atoms with Crippen LogP contribution in [0.25, 0.3) is 10.2 Å². The van der Waals surface area contributed by atoms with E-state index in [0.29, 0.717) is 16.1 Å². The molecule has 0 saturated carbocycles. The predicted molar refractivity (Wildman–Crippen MR) is 115 cm³/mol. The Morgan fingerprint density at radius 3 is 2.66 bits per heavy atom. The van der Waals surface area contributed by atoms with E-state index < -0.39 is 5.97 Å². The zero-order chi connectivity index (χ0) is 20.4. The average molecular weight is 410 g/mol. The lowest BCUT2D eigenvalue weighted by Crippen LogP contribution is -2.19. The first kappa shape index (κ1) is 19.5. The summed E-state index contributed by atoms with van der Waals surface area (Å²) in [4.78, 5) is 33.4. The highest BCUT2D eigenvalue weighted by Crippen LogP contribution is 2.36. The first-order valence-corrected chi connectivity index (χ1v) is 10.5. The molecule has 0 spiro atoms. The monoisotopic (exact) mass is 409 g/mol. The Hall–Kier alpha value is -2.77. The molecule has 0 aliphatic carbocycles. The molecule has 3 heterocycles. The van der Waals surface area contributed by atoms with Gasteiger partial charge in [-0.15, -0.1) is 11.3 Å². The van der Waals surface area contributed by atoms with E-state index >= 15 is 0 Å². The quantitative estimate of drug-likeness (QED) is 0.638. The van der Waals surface area contributed by atoms with Gasteiger partial charge in [0.25, 0.3) is 5.91 Å². The molecule has 0 radical (unpaired) electrons. The Morgan fingerprint density at radius 1 is 1.17 bits per heavy atom. The number of amides is 1. The van der Waals surface area contributed by atoms with Crippen molar-refractivity contribution >= 4 is 39.1 Å². The van der Waals surface area contributed by atoms with Gasteiger partial charge in [0.15, 0.2) is 0 Å². The van der Waals surface area contributed by atoms with Crippen LogP contribution in [0.15, 0.2) is 36.4 Å². The largest absolute Gasteiger partial charge is 0.465 e. The van der Waals surface area contributed by atoms with Gasteiger partial charge in [0, 0.05) is 17.5 Å². The second-order valence-electron chi connectivity index (χ2n) is 7.21. The lowest BCUT2D eigenvalue weighted by atomic mass is 10.1. The second-order valence-corrected chi connectivity index (χ2v) is 8.20. The number of carbonyl (C=O) groups is 2. The van der Waals surface area contributed by atoms with E-state index in [9.17, 15) is 9.59 Å². The summed E-state index contributed by atoms with van der Waals surface area (Å²) in [5.41, 5.74) is 2.87. The first-order valence-electron chi connectivity index (χ1n) is 9.67. The number of hydrogen-bond acceptors (Lipinski definition) is 6. The van der Waals surface area contributed by atoms with Gasteiger partial charge >= 0.3 is 5.97 Å². The number of likely N-dealkylation sites (tertiary alicyclic amines) is 1. The third kappa shape index (κ3) is 4.02. The lowest BCUT2D eigenvalue weighted by molar-refractivity contribution is 0.0607. The predicted octanol–water partition coefficient (Wildman–Crippen LogP) is 4.24. The van der Waals surface area contributed by atoms with E-state index in [1.54, 1.807) is 6.07 Å². The van der Waals surface area contributed by atoms with E-state index in [1.807, 2.05) is 37.3 Å². The van der Waals surface area contributed by atoms with Crippen LogP contribution in [0.2, 0.25) is 0 Å². The number of anilines is 1. The van der Waals surface area contributed by atoms with Gasteiger partial charge in [-0.2, -0.15) is 0 Å². The number of fused-ring (bicyclic) bond motifs is 1. The number of ether oxygens (including phenoxy) is 1. The Bertz CT molecular complexity index is 1070. The molecule has 1 amide bonds. The van der Waals surface area contributed by atoms with E-state index in [2.05, 4.69) is 10.2 Å². The van der Waals surface area contributed by atoms with Crippen LogP contribution in [0.4, 0.5) is 5.69 Å². The molecule has 0 unspecified atom stereocenters. The van der Waals surface area contributed by atoms with Gasteiger partial charge in [-0.05, 0) is 56.6 Å². The molecule has 1 aliphatic rings. The Morgan fingerprint density at radius 2 is 1.93 bits per heavy atom. The number of methoxy groups -OCH3 is 1. The molecule has 7 heteroatoms. The molecule has 3 aromatic rings. The molecule has 6 nitrogen and oxygen atoms in total. The van der Waals surface area contributed by atoms with E-state index in [4.69, 9.17) is 9.72 Å². The number of nitrogens with zero attached hydrogens (tertiary/aromatic N) is 2. The number of pyridine rings is 1. The molecule has 0 bridgehead atoms. The average Bonchev–Trinajstić information content (AvgIpc) is 3.35. The van der Waals surface area contributed by atoms with Crippen LogP contribution >= 0.6 is 11.3 Å².